The molecular formula is C13H20N4S. The Morgan fingerprint density at radius 3 is 2.72 bits per heavy atom. The van der Waals surface area contributed by atoms with Crippen LogP contribution in [0.2, 0.25) is 0 Å². The van der Waals surface area contributed by atoms with Gasteiger partial charge >= 0.3 is 0 Å². The Morgan fingerprint density at radius 2 is 2.11 bits per heavy atom. The second-order valence-corrected chi connectivity index (χ2v) is 6.32. The lowest BCUT2D eigenvalue weighted by atomic mass is 10.2. The van der Waals surface area contributed by atoms with Crippen molar-refractivity contribution in [3.05, 3.63) is 18.0 Å². The first-order chi connectivity index (χ1) is 8.83. The van der Waals surface area contributed by atoms with Crippen LogP contribution in [0.4, 0.5) is 5.95 Å². The quantitative estimate of drug-likeness (QED) is 0.876. The molecule has 0 radical (unpaired) electrons. The maximum atomic E-state index is 4.49. The molecule has 1 aromatic rings. The van der Waals surface area contributed by atoms with Gasteiger partial charge in [-0.1, -0.05) is 0 Å². The van der Waals surface area contributed by atoms with Gasteiger partial charge < -0.3 is 10.2 Å². The molecule has 5 heteroatoms. The third kappa shape index (κ3) is 2.95. The van der Waals surface area contributed by atoms with E-state index in [0.717, 1.165) is 18.5 Å². The van der Waals surface area contributed by atoms with E-state index < -0.39 is 0 Å². The Hall–Kier alpha value is -0.810. The predicted molar refractivity (Wildman–Crippen MR) is 76.0 cm³/mol. The lowest BCUT2D eigenvalue weighted by molar-refractivity contribution is 0.669. The fraction of sp³-hybridized carbons (Fsp3) is 0.692. The number of thioether (sulfide) groups is 1. The first kappa shape index (κ1) is 12.2. The highest BCUT2D eigenvalue weighted by Crippen LogP contribution is 2.23. The Morgan fingerprint density at radius 1 is 1.33 bits per heavy atom. The van der Waals surface area contributed by atoms with Crippen LogP contribution in [0, 0.1) is 0 Å². The summed E-state index contributed by atoms with van der Waals surface area (Å²) in [5.41, 5.74) is 1.18. The van der Waals surface area contributed by atoms with Crippen molar-refractivity contribution in [1.82, 2.24) is 15.3 Å². The molecule has 2 fully saturated rings. The molecule has 1 saturated carbocycles. The van der Waals surface area contributed by atoms with E-state index in [9.17, 15) is 0 Å². The third-order valence-corrected chi connectivity index (χ3v) is 4.78. The molecule has 18 heavy (non-hydrogen) atoms. The molecule has 0 spiro atoms. The highest BCUT2D eigenvalue weighted by molar-refractivity contribution is 7.99. The molecule has 1 aromatic heterocycles. The van der Waals surface area contributed by atoms with Crippen LogP contribution in [0.15, 0.2) is 12.4 Å². The second kappa shape index (κ2) is 5.45. The molecule has 2 aliphatic rings. The Kier molecular flexibility index (Phi) is 3.70. The van der Waals surface area contributed by atoms with Gasteiger partial charge in [-0.3, -0.25) is 0 Å². The van der Waals surface area contributed by atoms with E-state index >= 15 is 0 Å². The number of nitrogens with zero attached hydrogens (tertiary/aromatic N) is 3. The van der Waals surface area contributed by atoms with E-state index in [1.165, 1.54) is 36.3 Å². The highest BCUT2D eigenvalue weighted by atomic mass is 32.2. The molecule has 0 bridgehead atoms. The van der Waals surface area contributed by atoms with Gasteiger partial charge in [-0.2, -0.15) is 11.8 Å². The monoisotopic (exact) mass is 264 g/mol. The average Bonchev–Trinajstić information content (AvgIpc) is 3.08. The Balaban J connectivity index is 1.58. The lowest BCUT2D eigenvalue weighted by Gasteiger charge is -2.23. The van der Waals surface area contributed by atoms with E-state index in [1.54, 1.807) is 0 Å². The molecule has 2 heterocycles. The molecule has 4 nitrogen and oxygen atoms in total. The minimum atomic E-state index is 0.602. The molecule has 98 valence electrons. The normalized spacial score (nSPS) is 23.3. The highest BCUT2D eigenvalue weighted by Gasteiger charge is 2.22. The first-order valence-corrected chi connectivity index (χ1v) is 7.83. The molecule has 1 unspecified atom stereocenters. The standard InChI is InChI=1S/C13H20N4S/c1-17(12-4-5-18-9-12)13-15-7-10(8-16-13)6-14-11-2-3-11/h7-8,11-12,14H,2-6,9H2,1H3. The molecule has 1 saturated heterocycles. The van der Waals surface area contributed by atoms with Gasteiger partial charge in [0, 0.05) is 49.4 Å². The summed E-state index contributed by atoms with van der Waals surface area (Å²) >= 11 is 2.02. The maximum Gasteiger partial charge on any atom is 0.225 e. The third-order valence-electron chi connectivity index (χ3n) is 3.63. The summed E-state index contributed by atoms with van der Waals surface area (Å²) in [5.74, 6) is 3.32. The smallest absolute Gasteiger partial charge is 0.225 e. The van der Waals surface area contributed by atoms with Crippen LogP contribution in [0.5, 0.6) is 0 Å². The number of rotatable bonds is 5. The van der Waals surface area contributed by atoms with Crippen molar-refractivity contribution in [3.63, 3.8) is 0 Å². The van der Waals surface area contributed by atoms with Gasteiger partial charge in [-0.05, 0) is 25.0 Å². The number of nitrogens with one attached hydrogen (secondary N) is 1. The minimum Gasteiger partial charge on any atom is -0.340 e. The molecule has 1 N–H and O–H groups in total. The van der Waals surface area contributed by atoms with Crippen molar-refractivity contribution in [2.24, 2.45) is 0 Å². The van der Waals surface area contributed by atoms with Crippen LogP contribution in [-0.4, -0.2) is 40.6 Å². The minimum absolute atomic E-state index is 0.602. The number of anilines is 1. The summed E-state index contributed by atoms with van der Waals surface area (Å²) in [6.45, 7) is 0.897. The topological polar surface area (TPSA) is 41.1 Å². The molecule has 0 amide bonds. The Bertz CT molecular complexity index is 384. The summed E-state index contributed by atoms with van der Waals surface area (Å²) in [6, 6.07) is 1.34. The van der Waals surface area contributed by atoms with Crippen molar-refractivity contribution >= 4 is 17.7 Å². The van der Waals surface area contributed by atoms with Gasteiger partial charge in [0.25, 0.3) is 0 Å². The summed E-state index contributed by atoms with van der Waals surface area (Å²) < 4.78 is 0. The van der Waals surface area contributed by atoms with Gasteiger partial charge in [0.2, 0.25) is 5.95 Å². The van der Waals surface area contributed by atoms with Gasteiger partial charge in [0.05, 0.1) is 0 Å². The van der Waals surface area contributed by atoms with Crippen LogP contribution in [0.25, 0.3) is 0 Å². The van der Waals surface area contributed by atoms with E-state index in [4.69, 9.17) is 0 Å². The van der Waals surface area contributed by atoms with Crippen LogP contribution in [0.1, 0.15) is 24.8 Å². The van der Waals surface area contributed by atoms with E-state index in [-0.39, 0.29) is 0 Å². The molecule has 1 aliphatic heterocycles. The summed E-state index contributed by atoms with van der Waals surface area (Å²) in [4.78, 5) is 11.2. The zero-order valence-corrected chi connectivity index (χ0v) is 11.6. The maximum absolute atomic E-state index is 4.49. The van der Waals surface area contributed by atoms with E-state index in [1.807, 2.05) is 24.2 Å². The fourth-order valence-electron chi connectivity index (χ4n) is 2.16. The zero-order chi connectivity index (χ0) is 12.4. The predicted octanol–water partition coefficient (Wildman–Crippen LogP) is 1.67. The largest absolute Gasteiger partial charge is 0.340 e. The van der Waals surface area contributed by atoms with E-state index in [0.29, 0.717) is 6.04 Å². The van der Waals surface area contributed by atoms with E-state index in [2.05, 4.69) is 27.2 Å². The lowest BCUT2D eigenvalue weighted by Crippen LogP contribution is -2.32. The van der Waals surface area contributed by atoms with Crippen LogP contribution in [0.3, 0.4) is 0 Å². The summed E-state index contributed by atoms with van der Waals surface area (Å²) in [5, 5.41) is 3.48. The summed E-state index contributed by atoms with van der Waals surface area (Å²) in [7, 11) is 2.11. The molecule has 1 aliphatic carbocycles. The number of hydrogen-bond donors (Lipinski definition) is 1. The second-order valence-electron chi connectivity index (χ2n) is 5.17. The average molecular weight is 264 g/mol. The van der Waals surface area contributed by atoms with Crippen LogP contribution in [-0.2, 0) is 6.54 Å². The molecule has 0 aromatic carbocycles. The molecule has 3 rings (SSSR count). The van der Waals surface area contributed by atoms with Crippen molar-refractivity contribution in [3.8, 4) is 0 Å². The number of aromatic nitrogens is 2. The van der Waals surface area contributed by atoms with Crippen molar-refractivity contribution in [2.75, 3.05) is 23.5 Å². The van der Waals surface area contributed by atoms with Gasteiger partial charge in [0.1, 0.15) is 0 Å². The van der Waals surface area contributed by atoms with Crippen LogP contribution < -0.4 is 10.2 Å². The molecular weight excluding hydrogens is 244 g/mol. The van der Waals surface area contributed by atoms with Crippen LogP contribution >= 0.6 is 11.8 Å². The molecule has 1 atom stereocenters. The van der Waals surface area contributed by atoms with Gasteiger partial charge in [-0.15, -0.1) is 0 Å². The fourth-order valence-corrected chi connectivity index (χ4v) is 3.43. The van der Waals surface area contributed by atoms with Crippen molar-refractivity contribution in [2.45, 2.75) is 37.9 Å². The summed E-state index contributed by atoms with van der Waals surface area (Å²) in [6.07, 6.45) is 7.80. The van der Waals surface area contributed by atoms with Crippen molar-refractivity contribution in [1.29, 1.82) is 0 Å². The number of hydrogen-bond acceptors (Lipinski definition) is 5. The van der Waals surface area contributed by atoms with Gasteiger partial charge in [0.15, 0.2) is 0 Å². The SMILES string of the molecule is CN(c1ncc(CNC2CC2)cn1)C1CCSC1. The van der Waals surface area contributed by atoms with Crippen molar-refractivity contribution < 1.29 is 0 Å². The zero-order valence-electron chi connectivity index (χ0n) is 10.8. The Labute approximate surface area is 113 Å². The first-order valence-electron chi connectivity index (χ1n) is 6.68. The van der Waals surface area contributed by atoms with Gasteiger partial charge in [-0.25, -0.2) is 9.97 Å².